The van der Waals surface area contributed by atoms with Crippen molar-refractivity contribution in [1.29, 1.82) is 0 Å². The topological polar surface area (TPSA) is 35.6 Å². The van der Waals surface area contributed by atoms with E-state index in [0.29, 0.717) is 6.54 Å². The minimum Gasteiger partial charge on any atom is -0.365 e. The van der Waals surface area contributed by atoms with Crippen LogP contribution in [0.15, 0.2) is 78.9 Å². The normalized spacial score (nSPS) is 20.3. The first-order valence-corrected chi connectivity index (χ1v) is 11.7. The number of rotatable bonds is 5. The SMILES string of the molecule is O=C(NCc1ccccc1)C1Cc2ccccc2N2CCN(Cc3ccc(Cl)cc3)CC12. The number of nitrogens with zero attached hydrogens (tertiary/aromatic N) is 2. The number of benzene rings is 3. The number of carbonyl (C=O) groups excluding carboxylic acids is 1. The van der Waals surface area contributed by atoms with Crippen LogP contribution in [0.3, 0.4) is 0 Å². The number of piperazine rings is 1. The first kappa shape index (κ1) is 21.0. The van der Waals surface area contributed by atoms with Gasteiger partial charge in [-0.1, -0.05) is 72.3 Å². The van der Waals surface area contributed by atoms with Gasteiger partial charge in [-0.3, -0.25) is 9.69 Å². The summed E-state index contributed by atoms with van der Waals surface area (Å²) in [7, 11) is 0. The van der Waals surface area contributed by atoms with E-state index in [0.717, 1.165) is 43.2 Å². The Hall–Kier alpha value is -2.82. The van der Waals surface area contributed by atoms with E-state index in [1.807, 2.05) is 30.3 Å². The molecule has 0 radical (unpaired) electrons. The molecule has 3 aromatic rings. The molecule has 5 rings (SSSR count). The molecule has 0 aliphatic carbocycles. The van der Waals surface area contributed by atoms with E-state index in [2.05, 4.69) is 63.6 Å². The fourth-order valence-corrected chi connectivity index (χ4v) is 5.15. The third-order valence-corrected chi connectivity index (χ3v) is 6.93. The van der Waals surface area contributed by atoms with E-state index in [1.54, 1.807) is 0 Å². The zero-order valence-electron chi connectivity index (χ0n) is 18.1. The maximum Gasteiger partial charge on any atom is 0.225 e. The lowest BCUT2D eigenvalue weighted by Crippen LogP contribution is -2.60. The molecule has 1 N–H and O–H groups in total. The zero-order chi connectivity index (χ0) is 21.9. The van der Waals surface area contributed by atoms with Crippen LogP contribution in [0.25, 0.3) is 0 Å². The Kier molecular flexibility index (Phi) is 6.15. The van der Waals surface area contributed by atoms with Crippen LogP contribution in [-0.4, -0.2) is 36.5 Å². The zero-order valence-corrected chi connectivity index (χ0v) is 18.8. The Labute approximate surface area is 194 Å². The Balaban J connectivity index is 1.34. The van der Waals surface area contributed by atoms with Crippen molar-refractivity contribution >= 4 is 23.2 Å². The standard InChI is InChI=1S/C27H28ClN3O/c28-23-12-10-21(11-13-23)18-30-14-15-31-25-9-5-4-8-22(25)16-24(26(31)19-30)27(32)29-17-20-6-2-1-3-7-20/h1-13,24,26H,14-19H2,(H,29,32). The fraction of sp³-hybridized carbons (Fsp3) is 0.296. The van der Waals surface area contributed by atoms with Crippen molar-refractivity contribution in [3.63, 3.8) is 0 Å². The van der Waals surface area contributed by atoms with Gasteiger partial charge in [-0.2, -0.15) is 0 Å². The summed E-state index contributed by atoms with van der Waals surface area (Å²) in [6.45, 7) is 4.23. The van der Waals surface area contributed by atoms with E-state index in [4.69, 9.17) is 11.6 Å². The summed E-state index contributed by atoms with van der Waals surface area (Å²) in [6, 6.07) is 26.9. The van der Waals surface area contributed by atoms with E-state index in [1.165, 1.54) is 16.8 Å². The van der Waals surface area contributed by atoms with Gasteiger partial charge in [0.15, 0.2) is 0 Å². The highest BCUT2D eigenvalue weighted by molar-refractivity contribution is 6.30. The van der Waals surface area contributed by atoms with Crippen LogP contribution in [0, 0.1) is 5.92 Å². The van der Waals surface area contributed by atoms with Crippen molar-refractivity contribution in [3.8, 4) is 0 Å². The molecule has 164 valence electrons. The third-order valence-electron chi connectivity index (χ3n) is 6.67. The molecule has 0 saturated carbocycles. The van der Waals surface area contributed by atoms with E-state index in [9.17, 15) is 4.79 Å². The van der Waals surface area contributed by atoms with Crippen molar-refractivity contribution in [3.05, 3.63) is 101 Å². The van der Waals surface area contributed by atoms with Crippen molar-refractivity contribution in [2.24, 2.45) is 5.92 Å². The number of nitrogens with one attached hydrogen (secondary N) is 1. The Bertz CT molecular complexity index is 1070. The summed E-state index contributed by atoms with van der Waals surface area (Å²) in [5, 5.41) is 3.97. The maximum absolute atomic E-state index is 13.4. The van der Waals surface area contributed by atoms with Gasteiger partial charge in [-0.15, -0.1) is 0 Å². The molecule has 2 aliphatic heterocycles. The first-order valence-electron chi connectivity index (χ1n) is 11.3. The monoisotopic (exact) mass is 445 g/mol. The van der Waals surface area contributed by atoms with Gasteiger partial charge >= 0.3 is 0 Å². The summed E-state index contributed by atoms with van der Waals surface area (Å²) in [5.41, 5.74) is 4.94. The number of amides is 1. The molecular weight excluding hydrogens is 418 g/mol. The number of halogens is 1. The predicted molar refractivity (Wildman–Crippen MR) is 130 cm³/mol. The van der Waals surface area contributed by atoms with Crippen LogP contribution in [0.1, 0.15) is 16.7 Å². The predicted octanol–water partition coefficient (Wildman–Crippen LogP) is 4.52. The molecular formula is C27H28ClN3O. The van der Waals surface area contributed by atoms with Crippen LogP contribution >= 0.6 is 11.6 Å². The molecule has 4 nitrogen and oxygen atoms in total. The Morgan fingerprint density at radius 3 is 2.47 bits per heavy atom. The summed E-state index contributed by atoms with van der Waals surface area (Å²) < 4.78 is 0. The molecule has 1 saturated heterocycles. The largest absolute Gasteiger partial charge is 0.365 e. The van der Waals surface area contributed by atoms with Crippen molar-refractivity contribution < 1.29 is 4.79 Å². The summed E-state index contributed by atoms with van der Waals surface area (Å²) in [5.74, 6) is 0.0772. The highest BCUT2D eigenvalue weighted by atomic mass is 35.5. The van der Waals surface area contributed by atoms with Gasteiger partial charge in [-0.05, 0) is 41.3 Å². The van der Waals surface area contributed by atoms with Gasteiger partial charge in [0.2, 0.25) is 5.91 Å². The van der Waals surface area contributed by atoms with E-state index >= 15 is 0 Å². The third kappa shape index (κ3) is 4.52. The molecule has 0 aromatic heterocycles. The van der Waals surface area contributed by atoms with Gasteiger partial charge in [0, 0.05) is 43.4 Å². The minimum absolute atomic E-state index is 0.0679. The number of fused-ring (bicyclic) bond motifs is 3. The lowest BCUT2D eigenvalue weighted by molar-refractivity contribution is -0.126. The van der Waals surface area contributed by atoms with Gasteiger partial charge in [0.25, 0.3) is 0 Å². The Morgan fingerprint density at radius 2 is 1.66 bits per heavy atom. The molecule has 0 bridgehead atoms. The van der Waals surface area contributed by atoms with Crippen LogP contribution in [0.5, 0.6) is 0 Å². The van der Waals surface area contributed by atoms with Crippen LogP contribution in [0.2, 0.25) is 5.02 Å². The van der Waals surface area contributed by atoms with Gasteiger partial charge in [-0.25, -0.2) is 0 Å². The quantitative estimate of drug-likeness (QED) is 0.627. The maximum atomic E-state index is 13.4. The summed E-state index contributed by atoms with van der Waals surface area (Å²) in [4.78, 5) is 18.3. The van der Waals surface area contributed by atoms with Crippen LogP contribution in [-0.2, 0) is 24.3 Å². The second-order valence-electron chi connectivity index (χ2n) is 8.77. The van der Waals surface area contributed by atoms with E-state index < -0.39 is 0 Å². The molecule has 2 atom stereocenters. The number of hydrogen-bond donors (Lipinski definition) is 1. The molecule has 3 aromatic carbocycles. The summed E-state index contributed by atoms with van der Waals surface area (Å²) >= 11 is 6.06. The van der Waals surface area contributed by atoms with Gasteiger partial charge in [0.1, 0.15) is 0 Å². The van der Waals surface area contributed by atoms with Crippen molar-refractivity contribution in [2.75, 3.05) is 24.5 Å². The molecule has 32 heavy (non-hydrogen) atoms. The van der Waals surface area contributed by atoms with Crippen LogP contribution < -0.4 is 10.2 Å². The number of carbonyl (C=O) groups is 1. The first-order chi connectivity index (χ1) is 15.7. The second kappa shape index (κ2) is 9.35. The lowest BCUT2D eigenvalue weighted by Gasteiger charge is -2.49. The lowest BCUT2D eigenvalue weighted by atomic mass is 9.83. The minimum atomic E-state index is -0.0679. The summed E-state index contributed by atoms with van der Waals surface area (Å²) in [6.07, 6.45) is 0.784. The molecule has 1 fully saturated rings. The smallest absolute Gasteiger partial charge is 0.225 e. The number of hydrogen-bond acceptors (Lipinski definition) is 3. The van der Waals surface area contributed by atoms with Gasteiger partial charge < -0.3 is 10.2 Å². The molecule has 2 aliphatic rings. The van der Waals surface area contributed by atoms with E-state index in [-0.39, 0.29) is 17.9 Å². The van der Waals surface area contributed by atoms with Crippen molar-refractivity contribution in [2.45, 2.75) is 25.6 Å². The average molecular weight is 446 g/mol. The Morgan fingerprint density at radius 1 is 0.906 bits per heavy atom. The number of para-hydroxylation sites is 1. The highest BCUT2D eigenvalue weighted by Crippen LogP contribution is 2.36. The molecule has 5 heteroatoms. The molecule has 2 unspecified atom stereocenters. The van der Waals surface area contributed by atoms with Crippen LogP contribution in [0.4, 0.5) is 5.69 Å². The fourth-order valence-electron chi connectivity index (χ4n) is 5.02. The van der Waals surface area contributed by atoms with Crippen molar-refractivity contribution in [1.82, 2.24) is 10.2 Å². The highest BCUT2D eigenvalue weighted by Gasteiger charge is 2.41. The molecule has 0 spiro atoms. The molecule has 2 heterocycles. The second-order valence-corrected chi connectivity index (χ2v) is 9.20. The molecule has 1 amide bonds. The van der Waals surface area contributed by atoms with Gasteiger partial charge in [0.05, 0.1) is 12.0 Å². The average Bonchev–Trinajstić information content (AvgIpc) is 2.84. The number of anilines is 1.